The molecule has 0 spiro atoms. The molecule has 1 heterocycles. The van der Waals surface area contributed by atoms with Crippen LogP contribution in [0.1, 0.15) is 24.8 Å². The summed E-state index contributed by atoms with van der Waals surface area (Å²) in [6.45, 7) is 0. The van der Waals surface area contributed by atoms with Gasteiger partial charge in [0.05, 0.1) is 0 Å². The van der Waals surface area contributed by atoms with Gasteiger partial charge in [-0.3, -0.25) is 0 Å². The van der Waals surface area contributed by atoms with E-state index in [0.29, 0.717) is 6.04 Å². The summed E-state index contributed by atoms with van der Waals surface area (Å²) in [5, 5.41) is 4.35. The molecule has 1 aliphatic carbocycles. The number of allylic oxidation sites excluding steroid dienone is 1. The lowest BCUT2D eigenvalue weighted by atomic mass is 10.1. The minimum absolute atomic E-state index is 0.425. The maximum atomic E-state index is 5.84. The molecule has 0 amide bonds. The first kappa shape index (κ1) is 8.97. The fourth-order valence-corrected chi connectivity index (χ4v) is 2.45. The number of rotatable bonds is 2. The molecule has 0 aromatic carbocycles. The molecule has 1 aliphatic rings. The SMILES string of the molecule is NC1CC/C(=C/Cc2ccsc2)C1. The van der Waals surface area contributed by atoms with Crippen molar-refractivity contribution in [3.05, 3.63) is 34.0 Å². The lowest BCUT2D eigenvalue weighted by molar-refractivity contribution is 0.711. The maximum absolute atomic E-state index is 5.84. The van der Waals surface area contributed by atoms with Crippen LogP contribution in [0.25, 0.3) is 0 Å². The van der Waals surface area contributed by atoms with Crippen LogP contribution < -0.4 is 5.73 Å². The van der Waals surface area contributed by atoms with E-state index in [2.05, 4.69) is 22.9 Å². The lowest BCUT2D eigenvalue weighted by Gasteiger charge is -1.96. The molecule has 1 atom stereocenters. The summed E-state index contributed by atoms with van der Waals surface area (Å²) < 4.78 is 0. The van der Waals surface area contributed by atoms with Crippen LogP contribution in [0.2, 0.25) is 0 Å². The van der Waals surface area contributed by atoms with Crippen molar-refractivity contribution in [1.82, 2.24) is 0 Å². The van der Waals surface area contributed by atoms with Crippen molar-refractivity contribution in [3.63, 3.8) is 0 Å². The fourth-order valence-electron chi connectivity index (χ4n) is 1.77. The Hall–Kier alpha value is -0.600. The molecular formula is C11H15NS. The average Bonchev–Trinajstić information content (AvgIpc) is 2.71. The Bertz CT molecular complexity index is 287. The van der Waals surface area contributed by atoms with Crippen LogP contribution in [-0.4, -0.2) is 6.04 Å². The van der Waals surface area contributed by atoms with Crippen molar-refractivity contribution in [2.24, 2.45) is 5.73 Å². The largest absolute Gasteiger partial charge is 0.327 e. The molecule has 0 aliphatic heterocycles. The molecule has 1 aromatic rings. The van der Waals surface area contributed by atoms with Gasteiger partial charge in [0, 0.05) is 6.04 Å². The summed E-state index contributed by atoms with van der Waals surface area (Å²) in [7, 11) is 0. The Morgan fingerprint density at radius 3 is 3.15 bits per heavy atom. The van der Waals surface area contributed by atoms with Gasteiger partial charge in [0.25, 0.3) is 0 Å². The van der Waals surface area contributed by atoms with Gasteiger partial charge in [-0.1, -0.05) is 11.6 Å². The quantitative estimate of drug-likeness (QED) is 0.718. The Balaban J connectivity index is 1.91. The van der Waals surface area contributed by atoms with Crippen molar-refractivity contribution >= 4 is 11.3 Å². The van der Waals surface area contributed by atoms with E-state index in [0.717, 1.165) is 12.8 Å². The van der Waals surface area contributed by atoms with Crippen molar-refractivity contribution in [1.29, 1.82) is 0 Å². The lowest BCUT2D eigenvalue weighted by Crippen LogP contribution is -2.13. The summed E-state index contributed by atoms with van der Waals surface area (Å²) in [4.78, 5) is 0. The van der Waals surface area contributed by atoms with Crippen LogP contribution in [0, 0.1) is 0 Å². The Labute approximate surface area is 83.3 Å². The second-order valence-corrected chi connectivity index (χ2v) is 4.48. The molecule has 0 radical (unpaired) electrons. The zero-order valence-electron chi connectivity index (χ0n) is 7.70. The third kappa shape index (κ3) is 2.42. The first-order chi connectivity index (χ1) is 6.34. The van der Waals surface area contributed by atoms with E-state index in [1.54, 1.807) is 16.9 Å². The molecule has 13 heavy (non-hydrogen) atoms. The molecule has 0 saturated heterocycles. The minimum atomic E-state index is 0.425. The third-order valence-corrected chi connectivity index (χ3v) is 3.30. The molecule has 1 aromatic heterocycles. The molecule has 1 nitrogen and oxygen atoms in total. The highest BCUT2D eigenvalue weighted by molar-refractivity contribution is 7.07. The molecule has 2 rings (SSSR count). The predicted octanol–water partition coefficient (Wildman–Crippen LogP) is 2.73. The third-order valence-electron chi connectivity index (χ3n) is 2.57. The van der Waals surface area contributed by atoms with Crippen molar-refractivity contribution in [2.45, 2.75) is 31.7 Å². The maximum Gasteiger partial charge on any atom is 0.00791 e. The van der Waals surface area contributed by atoms with Crippen LogP contribution in [0.15, 0.2) is 28.5 Å². The van der Waals surface area contributed by atoms with Crippen LogP contribution >= 0.6 is 11.3 Å². The molecule has 2 heteroatoms. The van der Waals surface area contributed by atoms with Gasteiger partial charge in [0.15, 0.2) is 0 Å². The Morgan fingerprint density at radius 2 is 2.54 bits per heavy atom. The van der Waals surface area contributed by atoms with Gasteiger partial charge in [-0.2, -0.15) is 11.3 Å². The highest BCUT2D eigenvalue weighted by atomic mass is 32.1. The summed E-state index contributed by atoms with van der Waals surface area (Å²) in [5.74, 6) is 0. The first-order valence-electron chi connectivity index (χ1n) is 4.79. The van der Waals surface area contributed by atoms with Gasteiger partial charge in [0.1, 0.15) is 0 Å². The molecule has 1 unspecified atom stereocenters. The minimum Gasteiger partial charge on any atom is -0.327 e. The normalized spacial score (nSPS) is 25.6. The summed E-state index contributed by atoms with van der Waals surface area (Å²) >= 11 is 1.77. The van der Waals surface area contributed by atoms with Gasteiger partial charge in [-0.05, 0) is 48.1 Å². The number of thiophene rings is 1. The molecule has 0 bridgehead atoms. The van der Waals surface area contributed by atoms with Crippen molar-refractivity contribution in [3.8, 4) is 0 Å². The van der Waals surface area contributed by atoms with Crippen LogP contribution in [0.4, 0.5) is 0 Å². The molecule has 1 fully saturated rings. The predicted molar refractivity (Wildman–Crippen MR) is 57.9 cm³/mol. The van der Waals surface area contributed by atoms with E-state index in [1.807, 2.05) is 0 Å². The fraction of sp³-hybridized carbons (Fsp3) is 0.455. The standard InChI is InChI=1S/C11H15NS/c12-11-4-3-9(7-11)1-2-10-5-6-13-8-10/h1,5-6,8,11H,2-4,7,12H2/b9-1-. The van der Waals surface area contributed by atoms with E-state index in [9.17, 15) is 0 Å². The van der Waals surface area contributed by atoms with Gasteiger partial charge < -0.3 is 5.73 Å². The monoisotopic (exact) mass is 193 g/mol. The second-order valence-electron chi connectivity index (χ2n) is 3.70. The summed E-state index contributed by atoms with van der Waals surface area (Å²) in [5.41, 5.74) is 8.82. The van der Waals surface area contributed by atoms with E-state index < -0.39 is 0 Å². The van der Waals surface area contributed by atoms with E-state index in [4.69, 9.17) is 5.73 Å². The van der Waals surface area contributed by atoms with E-state index in [-0.39, 0.29) is 0 Å². The van der Waals surface area contributed by atoms with Gasteiger partial charge >= 0.3 is 0 Å². The number of hydrogen-bond acceptors (Lipinski definition) is 2. The topological polar surface area (TPSA) is 26.0 Å². The first-order valence-corrected chi connectivity index (χ1v) is 5.73. The molecule has 1 saturated carbocycles. The molecule has 70 valence electrons. The highest BCUT2D eigenvalue weighted by Gasteiger charge is 2.14. The zero-order chi connectivity index (χ0) is 9.10. The average molecular weight is 193 g/mol. The van der Waals surface area contributed by atoms with Crippen LogP contribution in [0.3, 0.4) is 0 Å². The van der Waals surface area contributed by atoms with Crippen LogP contribution in [-0.2, 0) is 6.42 Å². The van der Waals surface area contributed by atoms with Gasteiger partial charge in [-0.15, -0.1) is 0 Å². The van der Waals surface area contributed by atoms with E-state index in [1.165, 1.54) is 18.4 Å². The molecular weight excluding hydrogens is 178 g/mol. The Morgan fingerprint density at radius 1 is 1.62 bits per heavy atom. The summed E-state index contributed by atoms with van der Waals surface area (Å²) in [6, 6.07) is 2.62. The smallest absolute Gasteiger partial charge is 0.00791 e. The second kappa shape index (κ2) is 4.07. The summed E-state index contributed by atoms with van der Waals surface area (Å²) in [6.07, 6.45) is 6.95. The van der Waals surface area contributed by atoms with Gasteiger partial charge in [-0.25, -0.2) is 0 Å². The zero-order valence-corrected chi connectivity index (χ0v) is 8.52. The number of nitrogens with two attached hydrogens (primary N) is 1. The van der Waals surface area contributed by atoms with E-state index >= 15 is 0 Å². The Kier molecular flexibility index (Phi) is 2.81. The highest BCUT2D eigenvalue weighted by Crippen LogP contribution is 2.23. The number of hydrogen-bond donors (Lipinski definition) is 1. The molecule has 2 N–H and O–H groups in total. The van der Waals surface area contributed by atoms with Crippen molar-refractivity contribution < 1.29 is 0 Å². The van der Waals surface area contributed by atoms with Crippen LogP contribution in [0.5, 0.6) is 0 Å². The van der Waals surface area contributed by atoms with Gasteiger partial charge in [0.2, 0.25) is 0 Å². The van der Waals surface area contributed by atoms with Crippen molar-refractivity contribution in [2.75, 3.05) is 0 Å².